The van der Waals surface area contributed by atoms with Crippen molar-refractivity contribution in [3.8, 4) is 0 Å². The molecular formula is C18H19F3N2O3. The molecular weight excluding hydrogens is 349 g/mol. The Labute approximate surface area is 147 Å². The molecule has 1 aliphatic rings. The number of benzene rings is 1. The van der Waals surface area contributed by atoms with Crippen LogP contribution in [0.3, 0.4) is 0 Å². The highest BCUT2D eigenvalue weighted by Gasteiger charge is 2.31. The minimum atomic E-state index is -4.44. The summed E-state index contributed by atoms with van der Waals surface area (Å²) < 4.78 is 40.1. The van der Waals surface area contributed by atoms with Gasteiger partial charge in [0.05, 0.1) is 11.5 Å². The molecule has 140 valence electrons. The van der Waals surface area contributed by atoms with Crippen molar-refractivity contribution in [1.29, 1.82) is 0 Å². The van der Waals surface area contributed by atoms with Gasteiger partial charge in [-0.2, -0.15) is 13.2 Å². The van der Waals surface area contributed by atoms with Gasteiger partial charge in [-0.3, -0.25) is 9.59 Å². The summed E-state index contributed by atoms with van der Waals surface area (Å²) in [5, 5.41) is 12.2. The number of aromatic nitrogens is 1. The van der Waals surface area contributed by atoms with Crippen molar-refractivity contribution < 1.29 is 27.9 Å². The van der Waals surface area contributed by atoms with Gasteiger partial charge in [-0.15, -0.1) is 0 Å². The molecule has 0 radical (unpaired) electrons. The molecule has 0 atom stereocenters. The number of rotatable bonds is 3. The molecule has 2 aromatic rings. The van der Waals surface area contributed by atoms with E-state index in [4.69, 9.17) is 5.11 Å². The second kappa shape index (κ2) is 6.66. The van der Waals surface area contributed by atoms with Gasteiger partial charge in [-0.25, -0.2) is 0 Å². The molecule has 0 saturated heterocycles. The third-order valence-electron chi connectivity index (χ3n) is 5.01. The zero-order valence-corrected chi connectivity index (χ0v) is 14.1. The largest absolute Gasteiger partial charge is 0.481 e. The highest BCUT2D eigenvalue weighted by molar-refractivity contribution is 5.99. The Kier molecular flexibility index (Phi) is 4.68. The molecule has 1 aliphatic carbocycles. The van der Waals surface area contributed by atoms with E-state index in [2.05, 4.69) is 5.32 Å². The lowest BCUT2D eigenvalue weighted by Crippen LogP contribution is -2.39. The van der Waals surface area contributed by atoms with Gasteiger partial charge >= 0.3 is 12.1 Å². The molecule has 3 rings (SSSR count). The van der Waals surface area contributed by atoms with Gasteiger partial charge in [0, 0.05) is 24.0 Å². The number of carbonyl (C=O) groups is 2. The van der Waals surface area contributed by atoms with Crippen LogP contribution in [0.5, 0.6) is 0 Å². The molecule has 1 aromatic heterocycles. The van der Waals surface area contributed by atoms with Crippen molar-refractivity contribution >= 4 is 22.8 Å². The Hall–Kier alpha value is -2.51. The van der Waals surface area contributed by atoms with Crippen molar-refractivity contribution in [3.05, 3.63) is 35.5 Å². The number of halogens is 3. The van der Waals surface area contributed by atoms with Crippen LogP contribution in [0.15, 0.2) is 24.3 Å². The average molecular weight is 368 g/mol. The topological polar surface area (TPSA) is 71.3 Å². The predicted molar refractivity (Wildman–Crippen MR) is 88.8 cm³/mol. The fraction of sp³-hybridized carbons (Fsp3) is 0.444. The fourth-order valence-electron chi connectivity index (χ4n) is 3.49. The quantitative estimate of drug-likeness (QED) is 0.870. The van der Waals surface area contributed by atoms with E-state index in [0.717, 1.165) is 12.1 Å². The van der Waals surface area contributed by atoms with E-state index in [1.165, 1.54) is 12.1 Å². The number of nitrogens with zero attached hydrogens (tertiary/aromatic N) is 1. The summed E-state index contributed by atoms with van der Waals surface area (Å²) in [5.74, 6) is -1.55. The third kappa shape index (κ3) is 3.54. The Morgan fingerprint density at radius 2 is 1.81 bits per heavy atom. The van der Waals surface area contributed by atoms with Crippen molar-refractivity contribution in [2.24, 2.45) is 13.0 Å². The van der Waals surface area contributed by atoms with Crippen molar-refractivity contribution in [1.82, 2.24) is 9.88 Å². The molecule has 26 heavy (non-hydrogen) atoms. The number of aryl methyl sites for hydroxylation is 1. The van der Waals surface area contributed by atoms with Crippen LogP contribution in [0, 0.1) is 5.92 Å². The Balaban J connectivity index is 1.76. The van der Waals surface area contributed by atoms with Crippen LogP contribution in [0.2, 0.25) is 0 Å². The molecule has 0 aliphatic heterocycles. The average Bonchev–Trinajstić information content (AvgIpc) is 2.91. The van der Waals surface area contributed by atoms with Crippen molar-refractivity contribution in [2.45, 2.75) is 37.9 Å². The molecule has 2 N–H and O–H groups in total. The summed E-state index contributed by atoms with van der Waals surface area (Å²) >= 11 is 0. The van der Waals surface area contributed by atoms with E-state index in [-0.39, 0.29) is 23.6 Å². The number of carboxylic acid groups (broad SMARTS) is 1. The second-order valence-electron chi connectivity index (χ2n) is 6.72. The smallest absolute Gasteiger partial charge is 0.416 e. The number of fused-ring (bicyclic) bond motifs is 1. The summed E-state index contributed by atoms with van der Waals surface area (Å²) in [4.78, 5) is 23.5. The van der Waals surface area contributed by atoms with Crippen molar-refractivity contribution in [3.63, 3.8) is 0 Å². The van der Waals surface area contributed by atoms with Gasteiger partial charge in [-0.05, 0) is 49.9 Å². The van der Waals surface area contributed by atoms with Gasteiger partial charge < -0.3 is 15.0 Å². The first kappa shape index (κ1) is 18.3. The van der Waals surface area contributed by atoms with E-state index in [9.17, 15) is 22.8 Å². The summed E-state index contributed by atoms with van der Waals surface area (Å²) in [6.45, 7) is 0. The predicted octanol–water partition coefficient (Wildman–Crippen LogP) is 3.57. The monoisotopic (exact) mass is 368 g/mol. The van der Waals surface area contributed by atoms with Crippen LogP contribution < -0.4 is 5.32 Å². The van der Waals surface area contributed by atoms with Gasteiger partial charge in [0.2, 0.25) is 0 Å². The lowest BCUT2D eigenvalue weighted by atomic mass is 9.86. The maximum absolute atomic E-state index is 12.9. The van der Waals surface area contributed by atoms with Gasteiger partial charge in [0.1, 0.15) is 5.69 Å². The zero-order chi connectivity index (χ0) is 19.1. The molecule has 1 fully saturated rings. The van der Waals surface area contributed by atoms with E-state index in [1.54, 1.807) is 11.6 Å². The van der Waals surface area contributed by atoms with Gasteiger partial charge in [0.15, 0.2) is 0 Å². The minimum absolute atomic E-state index is 0.123. The Morgan fingerprint density at radius 1 is 1.15 bits per heavy atom. The number of amides is 1. The van der Waals surface area contributed by atoms with Gasteiger partial charge in [-0.1, -0.05) is 0 Å². The number of hydrogen-bond donors (Lipinski definition) is 2. The lowest BCUT2D eigenvalue weighted by molar-refractivity contribution is -0.143. The molecule has 8 heteroatoms. The van der Waals surface area contributed by atoms with E-state index in [0.29, 0.717) is 36.6 Å². The molecule has 1 heterocycles. The Bertz CT molecular complexity index is 849. The third-order valence-corrected chi connectivity index (χ3v) is 5.01. The lowest BCUT2D eigenvalue weighted by Gasteiger charge is -2.26. The number of aliphatic carboxylic acids is 1. The molecule has 1 aromatic carbocycles. The first-order valence-corrected chi connectivity index (χ1v) is 8.37. The molecule has 5 nitrogen and oxygen atoms in total. The maximum atomic E-state index is 12.9. The number of hydrogen-bond acceptors (Lipinski definition) is 2. The van der Waals surface area contributed by atoms with Crippen LogP contribution in [-0.4, -0.2) is 27.6 Å². The van der Waals surface area contributed by atoms with Crippen molar-refractivity contribution in [2.75, 3.05) is 0 Å². The fourth-order valence-corrected chi connectivity index (χ4v) is 3.49. The van der Waals surface area contributed by atoms with Crippen LogP contribution in [0.4, 0.5) is 13.2 Å². The first-order chi connectivity index (χ1) is 12.2. The number of alkyl halides is 3. The van der Waals surface area contributed by atoms with Crippen LogP contribution in [0.1, 0.15) is 41.7 Å². The molecule has 0 bridgehead atoms. The van der Waals surface area contributed by atoms with Crippen LogP contribution in [-0.2, 0) is 18.0 Å². The minimum Gasteiger partial charge on any atom is -0.481 e. The summed E-state index contributed by atoms with van der Waals surface area (Å²) in [5.41, 5.74) is 0.0620. The summed E-state index contributed by atoms with van der Waals surface area (Å²) in [7, 11) is 1.63. The maximum Gasteiger partial charge on any atom is 0.416 e. The van der Waals surface area contributed by atoms with Gasteiger partial charge in [0.25, 0.3) is 5.91 Å². The standard InChI is InChI=1S/C18H19F3N2O3/c1-23-14-7-4-12(18(19,20)21)8-11(14)9-15(23)16(24)22-13-5-2-10(3-6-13)17(25)26/h4,7-10,13H,2-3,5-6H2,1H3,(H,22,24)(H,25,26). The molecule has 0 spiro atoms. The number of carboxylic acids is 1. The summed E-state index contributed by atoms with van der Waals surface area (Å²) in [6.07, 6.45) is -2.28. The molecule has 0 unspecified atom stereocenters. The Morgan fingerprint density at radius 3 is 2.38 bits per heavy atom. The SMILES string of the molecule is Cn1c(C(=O)NC2CCC(C(=O)O)CC2)cc2cc(C(F)(F)F)ccc21. The van der Waals surface area contributed by atoms with E-state index < -0.39 is 17.7 Å². The summed E-state index contributed by atoms with van der Waals surface area (Å²) in [6, 6.07) is 4.71. The molecule has 1 saturated carbocycles. The van der Waals surface area contributed by atoms with Crippen LogP contribution >= 0.6 is 0 Å². The van der Waals surface area contributed by atoms with E-state index in [1.807, 2.05) is 0 Å². The number of carbonyl (C=O) groups excluding carboxylic acids is 1. The normalized spacial score (nSPS) is 20.9. The second-order valence-corrected chi connectivity index (χ2v) is 6.72. The highest BCUT2D eigenvalue weighted by atomic mass is 19.4. The first-order valence-electron chi connectivity index (χ1n) is 8.37. The number of nitrogens with one attached hydrogen (secondary N) is 1. The zero-order valence-electron chi connectivity index (χ0n) is 14.1. The molecule has 1 amide bonds. The van der Waals surface area contributed by atoms with E-state index >= 15 is 0 Å². The van der Waals surface area contributed by atoms with Crippen LogP contribution in [0.25, 0.3) is 10.9 Å². The highest BCUT2D eigenvalue weighted by Crippen LogP contribution is 2.32.